The van der Waals surface area contributed by atoms with Crippen LogP contribution in [0.15, 0.2) is 52.2 Å². The highest BCUT2D eigenvalue weighted by atomic mass is 16.3. The zero-order valence-electron chi connectivity index (χ0n) is 12.5. The fourth-order valence-electron chi connectivity index (χ4n) is 2.59. The van der Waals surface area contributed by atoms with Crippen molar-refractivity contribution in [1.82, 2.24) is 19.7 Å². The fraction of sp³-hybridized carbons (Fsp3) is 0.125. The van der Waals surface area contributed by atoms with Gasteiger partial charge in [-0.05, 0) is 25.1 Å². The van der Waals surface area contributed by atoms with Crippen molar-refractivity contribution in [3.8, 4) is 0 Å². The van der Waals surface area contributed by atoms with Gasteiger partial charge in [0.05, 0.1) is 18.0 Å². The molecule has 3 aromatic heterocycles. The smallest absolute Gasteiger partial charge is 0.265 e. The van der Waals surface area contributed by atoms with E-state index in [0.29, 0.717) is 11.7 Å². The van der Waals surface area contributed by atoms with Crippen LogP contribution < -0.4 is 5.43 Å². The Morgan fingerprint density at radius 3 is 2.96 bits per heavy atom. The molecule has 7 nitrogen and oxygen atoms in total. The van der Waals surface area contributed by atoms with Crippen molar-refractivity contribution in [2.75, 3.05) is 5.43 Å². The molecule has 0 unspecified atom stereocenters. The average molecular weight is 306 g/mol. The van der Waals surface area contributed by atoms with Gasteiger partial charge >= 0.3 is 0 Å². The third-order valence-corrected chi connectivity index (χ3v) is 3.59. The third-order valence-electron chi connectivity index (χ3n) is 3.59. The van der Waals surface area contributed by atoms with E-state index in [4.69, 9.17) is 4.42 Å². The fourth-order valence-corrected chi connectivity index (χ4v) is 2.59. The van der Waals surface area contributed by atoms with Crippen LogP contribution >= 0.6 is 0 Å². The van der Waals surface area contributed by atoms with Crippen LogP contribution in [0.3, 0.4) is 0 Å². The van der Waals surface area contributed by atoms with Crippen LogP contribution in [0.1, 0.15) is 12.7 Å². The average Bonchev–Trinajstić information content (AvgIpc) is 3.20. The number of rotatable bonds is 4. The number of benzene rings is 1. The van der Waals surface area contributed by atoms with Gasteiger partial charge in [-0.15, -0.1) is 10.2 Å². The Morgan fingerprint density at radius 1 is 1.22 bits per heavy atom. The van der Waals surface area contributed by atoms with Crippen molar-refractivity contribution in [3.05, 3.63) is 48.4 Å². The Labute approximate surface area is 131 Å². The number of hydrazone groups is 1. The molecule has 3 heterocycles. The highest BCUT2D eigenvalue weighted by Gasteiger charge is 2.13. The number of anilines is 1. The molecule has 23 heavy (non-hydrogen) atoms. The van der Waals surface area contributed by atoms with Crippen LogP contribution in [0.25, 0.3) is 22.1 Å². The molecule has 0 radical (unpaired) electrons. The molecule has 0 atom stereocenters. The summed E-state index contributed by atoms with van der Waals surface area (Å²) in [5.41, 5.74) is 5.47. The van der Waals surface area contributed by atoms with Gasteiger partial charge in [0.1, 0.15) is 11.3 Å². The van der Waals surface area contributed by atoms with Crippen molar-refractivity contribution in [3.63, 3.8) is 0 Å². The first kappa shape index (κ1) is 13.4. The molecule has 4 aromatic rings. The highest BCUT2D eigenvalue weighted by molar-refractivity contribution is 6.04. The predicted octanol–water partition coefficient (Wildman–Crippen LogP) is 3.04. The largest absolute Gasteiger partial charge is 0.463 e. The monoisotopic (exact) mass is 306 g/mol. The van der Waals surface area contributed by atoms with Crippen LogP contribution in [-0.2, 0) is 6.54 Å². The van der Waals surface area contributed by atoms with Gasteiger partial charge in [0, 0.05) is 11.9 Å². The molecule has 4 rings (SSSR count). The predicted molar refractivity (Wildman–Crippen MR) is 88.4 cm³/mol. The number of fused-ring (bicyclic) bond motifs is 3. The molecular formula is C16H14N6O. The first-order valence-electron chi connectivity index (χ1n) is 7.31. The van der Waals surface area contributed by atoms with Gasteiger partial charge in [0.15, 0.2) is 5.65 Å². The molecule has 0 aliphatic heterocycles. The molecule has 0 saturated heterocycles. The molecular weight excluding hydrogens is 292 g/mol. The minimum absolute atomic E-state index is 0.345. The molecule has 114 valence electrons. The van der Waals surface area contributed by atoms with Gasteiger partial charge in [0.25, 0.3) is 5.95 Å². The summed E-state index contributed by atoms with van der Waals surface area (Å²) in [5, 5.41) is 13.5. The number of furan rings is 1. The van der Waals surface area contributed by atoms with Crippen LogP contribution in [0, 0.1) is 0 Å². The molecule has 0 spiro atoms. The number of nitrogens with zero attached hydrogens (tertiary/aromatic N) is 5. The number of hydrogen-bond acceptors (Lipinski definition) is 6. The summed E-state index contributed by atoms with van der Waals surface area (Å²) in [6.07, 6.45) is 3.15. The molecule has 0 amide bonds. The number of aromatic nitrogens is 4. The van der Waals surface area contributed by atoms with E-state index in [1.54, 1.807) is 18.5 Å². The molecule has 1 N–H and O–H groups in total. The maximum Gasteiger partial charge on any atom is 0.265 e. The van der Waals surface area contributed by atoms with E-state index in [9.17, 15) is 0 Å². The Kier molecular flexibility index (Phi) is 3.23. The maximum absolute atomic E-state index is 5.17. The van der Waals surface area contributed by atoms with Crippen molar-refractivity contribution < 1.29 is 4.42 Å². The normalized spacial score (nSPS) is 11.7. The van der Waals surface area contributed by atoms with E-state index in [0.717, 1.165) is 28.6 Å². The zero-order valence-corrected chi connectivity index (χ0v) is 12.5. The lowest BCUT2D eigenvalue weighted by Crippen LogP contribution is -2.02. The topological polar surface area (TPSA) is 81.1 Å². The molecule has 0 fully saturated rings. The van der Waals surface area contributed by atoms with Crippen LogP contribution in [0.2, 0.25) is 0 Å². The van der Waals surface area contributed by atoms with Crippen LogP contribution in [0.5, 0.6) is 0 Å². The van der Waals surface area contributed by atoms with Crippen molar-refractivity contribution >= 4 is 34.2 Å². The maximum atomic E-state index is 5.17. The quantitative estimate of drug-likeness (QED) is 0.463. The highest BCUT2D eigenvalue weighted by Crippen LogP contribution is 2.25. The van der Waals surface area contributed by atoms with E-state index >= 15 is 0 Å². The Bertz CT molecular complexity index is 987. The van der Waals surface area contributed by atoms with Gasteiger partial charge in [-0.25, -0.2) is 5.43 Å². The molecule has 0 aliphatic rings. The number of para-hydroxylation sites is 1. The second-order valence-corrected chi connectivity index (χ2v) is 4.95. The van der Waals surface area contributed by atoms with Gasteiger partial charge in [-0.1, -0.05) is 18.2 Å². The van der Waals surface area contributed by atoms with E-state index < -0.39 is 0 Å². The minimum atomic E-state index is 0.345. The molecule has 0 bridgehead atoms. The second-order valence-electron chi connectivity index (χ2n) is 4.95. The zero-order chi connectivity index (χ0) is 15.6. The van der Waals surface area contributed by atoms with Gasteiger partial charge < -0.3 is 8.98 Å². The summed E-state index contributed by atoms with van der Waals surface area (Å²) in [7, 11) is 0. The molecule has 0 aliphatic carbocycles. The second kappa shape index (κ2) is 5.53. The summed E-state index contributed by atoms with van der Waals surface area (Å²) in [6, 6.07) is 11.7. The van der Waals surface area contributed by atoms with E-state index in [2.05, 4.69) is 43.3 Å². The first-order valence-corrected chi connectivity index (χ1v) is 7.31. The van der Waals surface area contributed by atoms with Crippen LogP contribution in [-0.4, -0.2) is 26.0 Å². The summed E-state index contributed by atoms with van der Waals surface area (Å²) < 4.78 is 7.28. The summed E-state index contributed by atoms with van der Waals surface area (Å²) >= 11 is 0. The first-order chi connectivity index (χ1) is 11.4. The summed E-state index contributed by atoms with van der Waals surface area (Å²) in [6.45, 7) is 2.88. The Balaban J connectivity index is 1.74. The van der Waals surface area contributed by atoms with E-state index in [1.165, 1.54) is 0 Å². The van der Waals surface area contributed by atoms with Crippen molar-refractivity contribution in [1.29, 1.82) is 0 Å². The molecule has 0 saturated carbocycles. The molecule has 1 aromatic carbocycles. The van der Waals surface area contributed by atoms with Gasteiger partial charge in [-0.2, -0.15) is 10.1 Å². The van der Waals surface area contributed by atoms with Gasteiger partial charge in [-0.3, -0.25) is 0 Å². The van der Waals surface area contributed by atoms with E-state index in [1.807, 2.05) is 24.3 Å². The minimum Gasteiger partial charge on any atom is -0.463 e. The number of aryl methyl sites for hydroxylation is 1. The van der Waals surface area contributed by atoms with Gasteiger partial charge in [0.2, 0.25) is 0 Å². The Morgan fingerprint density at radius 2 is 2.13 bits per heavy atom. The lowest BCUT2D eigenvalue weighted by atomic mass is 10.2. The lowest BCUT2D eigenvalue weighted by Gasteiger charge is -2.02. The SMILES string of the molecule is CCn1c2ccccc2c2nnc(N/N=C/c3ccco3)nc21. The van der Waals surface area contributed by atoms with Crippen LogP contribution in [0.4, 0.5) is 5.95 Å². The summed E-state index contributed by atoms with van der Waals surface area (Å²) in [5.74, 6) is 0.993. The van der Waals surface area contributed by atoms with Crippen molar-refractivity contribution in [2.45, 2.75) is 13.5 Å². The summed E-state index contributed by atoms with van der Waals surface area (Å²) in [4.78, 5) is 4.54. The standard InChI is InChI=1S/C16H14N6O/c1-2-22-13-8-4-3-7-12(13)14-15(22)18-16(21-19-14)20-17-10-11-6-5-9-23-11/h3-10H,2H2,1H3,(H,18,20,21)/b17-10+. The number of hydrogen-bond donors (Lipinski definition) is 1. The number of nitrogens with one attached hydrogen (secondary N) is 1. The molecule has 7 heteroatoms. The van der Waals surface area contributed by atoms with Crippen molar-refractivity contribution in [2.24, 2.45) is 5.10 Å². The van der Waals surface area contributed by atoms with E-state index in [-0.39, 0.29) is 0 Å². The lowest BCUT2D eigenvalue weighted by molar-refractivity contribution is 0.560. The Hall–Kier alpha value is -3.22. The third kappa shape index (κ3) is 2.32.